The normalized spacial score (nSPS) is 11.7. The van der Waals surface area contributed by atoms with Crippen molar-refractivity contribution in [3.8, 4) is 5.75 Å². The number of ether oxygens (including phenoxy) is 1. The number of benzene rings is 1. The highest BCUT2D eigenvalue weighted by molar-refractivity contribution is 6.32. The van der Waals surface area contributed by atoms with Gasteiger partial charge in [0.2, 0.25) is 0 Å². The molecule has 0 heterocycles. The molecule has 0 fully saturated rings. The third-order valence-corrected chi connectivity index (χ3v) is 2.60. The van der Waals surface area contributed by atoms with Crippen molar-refractivity contribution in [2.75, 3.05) is 0 Å². The fourth-order valence-electron chi connectivity index (χ4n) is 1.61. The van der Waals surface area contributed by atoms with Crippen LogP contribution in [0.25, 0.3) is 0 Å². The Kier molecular flexibility index (Phi) is 4.80. The molecule has 1 aromatic carbocycles. The number of halogens is 1. The summed E-state index contributed by atoms with van der Waals surface area (Å²) in [5, 5.41) is 0.489. The molecule has 0 saturated heterocycles. The van der Waals surface area contributed by atoms with Crippen molar-refractivity contribution < 1.29 is 9.53 Å². The van der Waals surface area contributed by atoms with Crippen molar-refractivity contribution in [3.63, 3.8) is 0 Å². The van der Waals surface area contributed by atoms with E-state index in [0.29, 0.717) is 22.8 Å². The van der Waals surface area contributed by atoms with E-state index in [2.05, 4.69) is 0 Å². The predicted octanol–water partition coefficient (Wildman–Crippen LogP) is 4.75. The SMILES string of the molecule is CC(C)Oc1ccc(C(=O)CC(C)(C)C)cc1Cl. The highest BCUT2D eigenvalue weighted by atomic mass is 35.5. The Hall–Kier alpha value is -1.02. The summed E-state index contributed by atoms with van der Waals surface area (Å²) in [6.07, 6.45) is 0.576. The second kappa shape index (κ2) is 5.75. The van der Waals surface area contributed by atoms with Crippen molar-refractivity contribution in [1.82, 2.24) is 0 Å². The third kappa shape index (κ3) is 4.69. The van der Waals surface area contributed by atoms with Crippen molar-refractivity contribution in [2.45, 2.75) is 47.1 Å². The Morgan fingerprint density at radius 3 is 2.39 bits per heavy atom. The monoisotopic (exact) mass is 268 g/mol. The highest BCUT2D eigenvalue weighted by Crippen LogP contribution is 2.28. The standard InChI is InChI=1S/C15H21ClO2/c1-10(2)18-14-7-6-11(8-12(14)16)13(17)9-15(3,4)5/h6-8,10H,9H2,1-5H3. The van der Waals surface area contributed by atoms with E-state index in [9.17, 15) is 4.79 Å². The Balaban J connectivity index is 2.87. The zero-order valence-corrected chi connectivity index (χ0v) is 12.5. The largest absolute Gasteiger partial charge is 0.489 e. The molecule has 0 atom stereocenters. The maximum atomic E-state index is 12.0. The number of hydrogen-bond donors (Lipinski definition) is 0. The number of Topliss-reactive ketones (excluding diaryl/α,β-unsaturated/α-hetero) is 1. The van der Waals surface area contributed by atoms with E-state index in [4.69, 9.17) is 16.3 Å². The van der Waals surface area contributed by atoms with Gasteiger partial charge in [-0.1, -0.05) is 32.4 Å². The molecule has 0 aliphatic carbocycles. The molecule has 0 N–H and O–H groups in total. The van der Waals surface area contributed by atoms with E-state index in [1.807, 2.05) is 34.6 Å². The molecule has 0 saturated carbocycles. The number of carbonyl (C=O) groups excluding carboxylic acids is 1. The van der Waals surface area contributed by atoms with Crippen LogP contribution in [0.15, 0.2) is 18.2 Å². The molecule has 0 amide bonds. The summed E-state index contributed by atoms with van der Waals surface area (Å²) in [7, 11) is 0. The molecule has 3 heteroatoms. The summed E-state index contributed by atoms with van der Waals surface area (Å²) < 4.78 is 5.54. The van der Waals surface area contributed by atoms with Gasteiger partial charge in [-0.2, -0.15) is 0 Å². The maximum Gasteiger partial charge on any atom is 0.163 e. The number of carbonyl (C=O) groups is 1. The summed E-state index contributed by atoms with van der Waals surface area (Å²) in [6, 6.07) is 5.23. The topological polar surface area (TPSA) is 26.3 Å². The van der Waals surface area contributed by atoms with Crippen molar-refractivity contribution in [2.24, 2.45) is 5.41 Å². The Bertz CT molecular complexity index is 431. The molecule has 2 nitrogen and oxygen atoms in total. The van der Waals surface area contributed by atoms with Gasteiger partial charge in [-0.3, -0.25) is 4.79 Å². The minimum absolute atomic E-state index is 0.0172. The lowest BCUT2D eigenvalue weighted by Gasteiger charge is -2.17. The maximum absolute atomic E-state index is 12.0. The number of ketones is 1. The van der Waals surface area contributed by atoms with Crippen molar-refractivity contribution in [1.29, 1.82) is 0 Å². The van der Waals surface area contributed by atoms with Gasteiger partial charge in [0, 0.05) is 12.0 Å². The van der Waals surface area contributed by atoms with E-state index in [0.717, 1.165) is 0 Å². The zero-order chi connectivity index (χ0) is 13.9. The summed E-state index contributed by atoms with van der Waals surface area (Å²) in [6.45, 7) is 10.0. The summed E-state index contributed by atoms with van der Waals surface area (Å²) in [5.74, 6) is 0.736. The lowest BCUT2D eigenvalue weighted by molar-refractivity contribution is 0.0940. The first-order chi connectivity index (χ1) is 8.19. The molecule has 0 aromatic heterocycles. The molecule has 1 aromatic rings. The van der Waals surface area contributed by atoms with Crippen LogP contribution in [0, 0.1) is 5.41 Å². The van der Waals surface area contributed by atoms with Crippen LogP contribution in [0.2, 0.25) is 5.02 Å². The molecule has 0 aliphatic heterocycles. The van der Waals surface area contributed by atoms with E-state index in [1.165, 1.54) is 0 Å². The van der Waals surface area contributed by atoms with Gasteiger partial charge < -0.3 is 4.74 Å². The minimum atomic E-state index is -0.0172. The average molecular weight is 269 g/mol. The van der Waals surface area contributed by atoms with Gasteiger partial charge in [-0.05, 0) is 37.5 Å². The van der Waals surface area contributed by atoms with Crippen LogP contribution in [0.3, 0.4) is 0 Å². The second-order valence-electron chi connectivity index (χ2n) is 5.97. The van der Waals surface area contributed by atoms with E-state index in [-0.39, 0.29) is 17.3 Å². The molecule has 0 spiro atoms. The predicted molar refractivity (Wildman–Crippen MR) is 75.6 cm³/mol. The molecule has 18 heavy (non-hydrogen) atoms. The molecule has 0 radical (unpaired) electrons. The molecule has 0 bridgehead atoms. The minimum Gasteiger partial charge on any atom is -0.489 e. The Labute approximate surface area is 114 Å². The zero-order valence-electron chi connectivity index (χ0n) is 11.7. The van der Waals surface area contributed by atoms with E-state index >= 15 is 0 Å². The van der Waals surface area contributed by atoms with E-state index in [1.54, 1.807) is 18.2 Å². The first-order valence-corrected chi connectivity index (χ1v) is 6.56. The highest BCUT2D eigenvalue weighted by Gasteiger charge is 2.18. The number of rotatable bonds is 4. The Morgan fingerprint density at radius 2 is 1.94 bits per heavy atom. The molecule has 100 valence electrons. The lowest BCUT2D eigenvalue weighted by atomic mass is 9.88. The van der Waals surface area contributed by atoms with Gasteiger partial charge in [0.1, 0.15) is 5.75 Å². The quantitative estimate of drug-likeness (QED) is 0.737. The van der Waals surface area contributed by atoms with Gasteiger partial charge in [-0.15, -0.1) is 0 Å². The molecular weight excluding hydrogens is 248 g/mol. The average Bonchev–Trinajstić information content (AvgIpc) is 2.17. The van der Waals surface area contributed by atoms with Crippen LogP contribution in [-0.2, 0) is 0 Å². The summed E-state index contributed by atoms with van der Waals surface area (Å²) >= 11 is 6.11. The first-order valence-electron chi connectivity index (χ1n) is 6.18. The van der Waals surface area contributed by atoms with Gasteiger partial charge in [-0.25, -0.2) is 0 Å². The molecule has 0 aliphatic rings. The van der Waals surface area contributed by atoms with Crippen LogP contribution in [0.1, 0.15) is 51.4 Å². The van der Waals surface area contributed by atoms with Gasteiger partial charge >= 0.3 is 0 Å². The third-order valence-electron chi connectivity index (χ3n) is 2.31. The fraction of sp³-hybridized carbons (Fsp3) is 0.533. The van der Waals surface area contributed by atoms with Crippen molar-refractivity contribution in [3.05, 3.63) is 28.8 Å². The van der Waals surface area contributed by atoms with Crippen LogP contribution >= 0.6 is 11.6 Å². The van der Waals surface area contributed by atoms with Crippen LogP contribution in [0.4, 0.5) is 0 Å². The number of hydrogen-bond acceptors (Lipinski definition) is 2. The van der Waals surface area contributed by atoms with Crippen LogP contribution in [-0.4, -0.2) is 11.9 Å². The van der Waals surface area contributed by atoms with Gasteiger partial charge in [0.05, 0.1) is 11.1 Å². The summed E-state index contributed by atoms with van der Waals surface area (Å²) in [4.78, 5) is 12.0. The second-order valence-corrected chi connectivity index (χ2v) is 6.38. The van der Waals surface area contributed by atoms with Gasteiger partial charge in [0.25, 0.3) is 0 Å². The van der Waals surface area contributed by atoms with Gasteiger partial charge in [0.15, 0.2) is 5.78 Å². The smallest absolute Gasteiger partial charge is 0.163 e. The summed E-state index contributed by atoms with van der Waals surface area (Å²) in [5.41, 5.74) is 0.627. The first kappa shape index (κ1) is 15.0. The van der Waals surface area contributed by atoms with Crippen LogP contribution < -0.4 is 4.74 Å². The van der Waals surface area contributed by atoms with Crippen LogP contribution in [0.5, 0.6) is 5.75 Å². The fourth-order valence-corrected chi connectivity index (χ4v) is 1.83. The Morgan fingerprint density at radius 1 is 1.33 bits per heavy atom. The molecule has 1 rings (SSSR count). The molecular formula is C15H21ClO2. The molecule has 0 unspecified atom stereocenters. The van der Waals surface area contributed by atoms with E-state index < -0.39 is 0 Å². The van der Waals surface area contributed by atoms with Crippen molar-refractivity contribution >= 4 is 17.4 Å². The lowest BCUT2D eigenvalue weighted by Crippen LogP contribution is -2.13.